The van der Waals surface area contributed by atoms with Gasteiger partial charge in [-0.2, -0.15) is 5.10 Å². The van der Waals surface area contributed by atoms with Gasteiger partial charge in [-0.25, -0.2) is 4.68 Å². The van der Waals surface area contributed by atoms with Crippen molar-refractivity contribution >= 4 is 0 Å². The van der Waals surface area contributed by atoms with Crippen molar-refractivity contribution < 1.29 is 0 Å². The summed E-state index contributed by atoms with van der Waals surface area (Å²) in [6.07, 6.45) is 3.77. The molecule has 1 heterocycles. The molecule has 0 aliphatic rings. The predicted molar refractivity (Wildman–Crippen MR) is 74.8 cm³/mol. The van der Waals surface area contributed by atoms with E-state index in [0.29, 0.717) is 5.92 Å². The van der Waals surface area contributed by atoms with Crippen molar-refractivity contribution in [3.05, 3.63) is 47.8 Å². The Balaban J connectivity index is 2.06. The molecule has 1 aromatic carbocycles. The standard InChI is InChI=1S/C15H21N3/c1-12(2)10-16-11-14-5-6-15(13(3)9-14)18-8-4-7-17-18/h4-9,12,16H,10-11H2,1-3H3. The van der Waals surface area contributed by atoms with E-state index >= 15 is 0 Å². The Kier molecular flexibility index (Phi) is 4.15. The van der Waals surface area contributed by atoms with Crippen LogP contribution in [0.3, 0.4) is 0 Å². The summed E-state index contributed by atoms with van der Waals surface area (Å²) in [5.41, 5.74) is 3.72. The van der Waals surface area contributed by atoms with E-state index in [1.165, 1.54) is 11.1 Å². The highest BCUT2D eigenvalue weighted by molar-refractivity contribution is 5.42. The zero-order valence-corrected chi connectivity index (χ0v) is 11.4. The van der Waals surface area contributed by atoms with Gasteiger partial charge in [0, 0.05) is 18.9 Å². The van der Waals surface area contributed by atoms with Gasteiger partial charge in [0.25, 0.3) is 0 Å². The van der Waals surface area contributed by atoms with Gasteiger partial charge in [0.2, 0.25) is 0 Å². The first-order valence-electron chi connectivity index (χ1n) is 6.47. The second-order valence-corrected chi connectivity index (χ2v) is 5.10. The molecular weight excluding hydrogens is 222 g/mol. The second kappa shape index (κ2) is 5.83. The van der Waals surface area contributed by atoms with E-state index in [1.54, 1.807) is 6.20 Å². The molecule has 18 heavy (non-hydrogen) atoms. The Bertz CT molecular complexity index is 486. The summed E-state index contributed by atoms with van der Waals surface area (Å²) >= 11 is 0. The third-order valence-corrected chi connectivity index (χ3v) is 2.89. The van der Waals surface area contributed by atoms with E-state index in [9.17, 15) is 0 Å². The molecular formula is C15H21N3. The lowest BCUT2D eigenvalue weighted by molar-refractivity contribution is 0.552. The number of rotatable bonds is 5. The average molecular weight is 243 g/mol. The van der Waals surface area contributed by atoms with E-state index in [4.69, 9.17) is 0 Å². The smallest absolute Gasteiger partial charge is 0.0674 e. The van der Waals surface area contributed by atoms with Gasteiger partial charge in [0.1, 0.15) is 0 Å². The first kappa shape index (κ1) is 12.8. The average Bonchev–Trinajstić information content (AvgIpc) is 2.82. The zero-order valence-electron chi connectivity index (χ0n) is 11.4. The lowest BCUT2D eigenvalue weighted by Crippen LogP contribution is -2.19. The number of nitrogens with one attached hydrogen (secondary N) is 1. The van der Waals surface area contributed by atoms with Crippen LogP contribution in [0.2, 0.25) is 0 Å². The summed E-state index contributed by atoms with van der Waals surface area (Å²) in [6, 6.07) is 8.47. The van der Waals surface area contributed by atoms with Gasteiger partial charge < -0.3 is 5.32 Å². The van der Waals surface area contributed by atoms with Crippen LogP contribution in [0.4, 0.5) is 0 Å². The van der Waals surface area contributed by atoms with E-state index in [2.05, 4.69) is 49.4 Å². The Hall–Kier alpha value is -1.61. The first-order chi connectivity index (χ1) is 8.66. The van der Waals surface area contributed by atoms with E-state index < -0.39 is 0 Å². The summed E-state index contributed by atoms with van der Waals surface area (Å²) in [6.45, 7) is 8.56. The van der Waals surface area contributed by atoms with Gasteiger partial charge in [-0.1, -0.05) is 26.0 Å². The molecule has 0 spiro atoms. The lowest BCUT2D eigenvalue weighted by Gasteiger charge is -2.10. The maximum Gasteiger partial charge on any atom is 0.0674 e. The summed E-state index contributed by atoms with van der Waals surface area (Å²) < 4.78 is 1.90. The number of nitrogens with zero attached hydrogens (tertiary/aromatic N) is 2. The molecule has 0 aliphatic heterocycles. The number of hydrogen-bond acceptors (Lipinski definition) is 2. The van der Waals surface area contributed by atoms with Crippen LogP contribution in [0.1, 0.15) is 25.0 Å². The lowest BCUT2D eigenvalue weighted by atomic mass is 10.1. The largest absolute Gasteiger partial charge is 0.312 e. The van der Waals surface area contributed by atoms with Crippen molar-refractivity contribution in [2.24, 2.45) is 5.92 Å². The monoisotopic (exact) mass is 243 g/mol. The number of benzene rings is 1. The second-order valence-electron chi connectivity index (χ2n) is 5.10. The topological polar surface area (TPSA) is 29.9 Å². The fourth-order valence-corrected chi connectivity index (χ4v) is 2.00. The van der Waals surface area contributed by atoms with Crippen LogP contribution < -0.4 is 5.32 Å². The van der Waals surface area contributed by atoms with Gasteiger partial charge in [-0.15, -0.1) is 0 Å². The molecule has 0 saturated heterocycles. The van der Waals surface area contributed by atoms with Crippen molar-refractivity contribution in [2.45, 2.75) is 27.3 Å². The molecule has 0 fully saturated rings. The fourth-order valence-electron chi connectivity index (χ4n) is 2.00. The molecule has 2 rings (SSSR count). The van der Waals surface area contributed by atoms with Crippen molar-refractivity contribution in [1.29, 1.82) is 0 Å². The maximum atomic E-state index is 4.26. The SMILES string of the molecule is Cc1cc(CNCC(C)C)ccc1-n1cccn1. The highest BCUT2D eigenvalue weighted by atomic mass is 15.3. The summed E-state index contributed by atoms with van der Waals surface area (Å²) in [7, 11) is 0. The predicted octanol–water partition coefficient (Wildman–Crippen LogP) is 2.93. The van der Waals surface area contributed by atoms with E-state index in [-0.39, 0.29) is 0 Å². The molecule has 0 radical (unpaired) electrons. The normalized spacial score (nSPS) is 11.1. The van der Waals surface area contributed by atoms with E-state index in [0.717, 1.165) is 18.8 Å². The quantitative estimate of drug-likeness (QED) is 0.875. The highest BCUT2D eigenvalue weighted by Gasteiger charge is 2.02. The highest BCUT2D eigenvalue weighted by Crippen LogP contribution is 2.14. The van der Waals surface area contributed by atoms with Crippen molar-refractivity contribution in [3.63, 3.8) is 0 Å². The molecule has 1 N–H and O–H groups in total. The Morgan fingerprint density at radius 2 is 2.17 bits per heavy atom. The minimum absolute atomic E-state index is 0.689. The van der Waals surface area contributed by atoms with Crippen molar-refractivity contribution in [1.82, 2.24) is 15.1 Å². The minimum atomic E-state index is 0.689. The molecule has 2 aromatic rings. The van der Waals surface area contributed by atoms with Crippen LogP contribution in [-0.4, -0.2) is 16.3 Å². The van der Waals surface area contributed by atoms with Crippen LogP contribution >= 0.6 is 0 Å². The summed E-state index contributed by atoms with van der Waals surface area (Å²) in [4.78, 5) is 0. The van der Waals surface area contributed by atoms with Gasteiger partial charge in [0.05, 0.1) is 5.69 Å². The van der Waals surface area contributed by atoms with Gasteiger partial charge in [-0.3, -0.25) is 0 Å². The van der Waals surface area contributed by atoms with Crippen LogP contribution in [0, 0.1) is 12.8 Å². The molecule has 3 heteroatoms. The van der Waals surface area contributed by atoms with Crippen molar-refractivity contribution in [3.8, 4) is 5.69 Å². The van der Waals surface area contributed by atoms with Crippen LogP contribution in [-0.2, 0) is 6.54 Å². The third kappa shape index (κ3) is 3.20. The molecule has 0 unspecified atom stereocenters. The molecule has 0 amide bonds. The molecule has 0 bridgehead atoms. The van der Waals surface area contributed by atoms with Crippen LogP contribution in [0.5, 0.6) is 0 Å². The van der Waals surface area contributed by atoms with Crippen LogP contribution in [0.25, 0.3) is 5.69 Å². The third-order valence-electron chi connectivity index (χ3n) is 2.89. The molecule has 0 atom stereocenters. The van der Waals surface area contributed by atoms with Crippen LogP contribution in [0.15, 0.2) is 36.7 Å². The number of aryl methyl sites for hydroxylation is 1. The number of aromatic nitrogens is 2. The summed E-state index contributed by atoms with van der Waals surface area (Å²) in [5, 5.41) is 7.72. The van der Waals surface area contributed by atoms with Crippen molar-refractivity contribution in [2.75, 3.05) is 6.54 Å². The summed E-state index contributed by atoms with van der Waals surface area (Å²) in [5.74, 6) is 0.689. The molecule has 1 aromatic heterocycles. The Morgan fingerprint density at radius 3 is 2.78 bits per heavy atom. The van der Waals surface area contributed by atoms with Gasteiger partial charge >= 0.3 is 0 Å². The Morgan fingerprint density at radius 1 is 1.33 bits per heavy atom. The first-order valence-corrected chi connectivity index (χ1v) is 6.47. The van der Waals surface area contributed by atoms with Gasteiger partial charge in [-0.05, 0) is 42.6 Å². The molecule has 96 valence electrons. The minimum Gasteiger partial charge on any atom is -0.312 e. The number of hydrogen-bond donors (Lipinski definition) is 1. The maximum absolute atomic E-state index is 4.26. The van der Waals surface area contributed by atoms with E-state index in [1.807, 2.05) is 16.9 Å². The fraction of sp³-hybridized carbons (Fsp3) is 0.400. The van der Waals surface area contributed by atoms with Gasteiger partial charge in [0.15, 0.2) is 0 Å². The Labute approximate surface area is 109 Å². The zero-order chi connectivity index (χ0) is 13.0. The molecule has 3 nitrogen and oxygen atoms in total. The molecule has 0 aliphatic carbocycles. The molecule has 0 saturated carbocycles.